The van der Waals surface area contributed by atoms with Crippen molar-refractivity contribution in [3.63, 3.8) is 0 Å². The third-order valence-electron chi connectivity index (χ3n) is 4.10. The molecule has 24 heavy (non-hydrogen) atoms. The fourth-order valence-corrected chi connectivity index (χ4v) is 3.15. The van der Waals surface area contributed by atoms with Crippen LogP contribution >= 0.6 is 11.6 Å². The summed E-state index contributed by atoms with van der Waals surface area (Å²) in [5, 5.41) is 3.67. The lowest BCUT2D eigenvalue weighted by atomic mass is 10.1. The first-order valence-corrected chi connectivity index (χ1v) is 8.32. The van der Waals surface area contributed by atoms with Crippen LogP contribution in [0.3, 0.4) is 0 Å². The van der Waals surface area contributed by atoms with Crippen LogP contribution in [0.1, 0.15) is 18.1 Å². The Hall–Kier alpha value is -2.20. The number of carbonyl (C=O) groups excluding carboxylic acids is 1. The van der Waals surface area contributed by atoms with Crippen molar-refractivity contribution in [3.8, 4) is 11.5 Å². The van der Waals surface area contributed by atoms with Gasteiger partial charge >= 0.3 is 0 Å². The molecule has 3 rings (SSSR count). The van der Waals surface area contributed by atoms with E-state index in [9.17, 15) is 4.79 Å². The molecule has 1 aliphatic heterocycles. The van der Waals surface area contributed by atoms with Crippen molar-refractivity contribution in [2.75, 3.05) is 7.11 Å². The number of ether oxygens (including phenoxy) is 2. The summed E-state index contributed by atoms with van der Waals surface area (Å²) in [6.07, 6.45) is 0.739. The van der Waals surface area contributed by atoms with Gasteiger partial charge in [0.2, 0.25) is 0 Å². The zero-order valence-corrected chi connectivity index (χ0v) is 14.5. The van der Waals surface area contributed by atoms with E-state index >= 15 is 0 Å². The highest BCUT2D eigenvalue weighted by atomic mass is 35.5. The average molecular weight is 346 g/mol. The van der Waals surface area contributed by atoms with Gasteiger partial charge in [-0.2, -0.15) is 0 Å². The van der Waals surface area contributed by atoms with Gasteiger partial charge in [-0.1, -0.05) is 29.8 Å². The van der Waals surface area contributed by atoms with Crippen LogP contribution in [0.15, 0.2) is 42.5 Å². The first-order valence-electron chi connectivity index (χ1n) is 7.94. The van der Waals surface area contributed by atoms with Gasteiger partial charge in [-0.05, 0) is 48.7 Å². The molecule has 0 saturated carbocycles. The Morgan fingerprint density at radius 2 is 2.17 bits per heavy atom. The van der Waals surface area contributed by atoms with E-state index in [1.165, 1.54) is 0 Å². The monoisotopic (exact) mass is 345 g/mol. The molecule has 0 radical (unpaired) electrons. The number of carbonyl (C=O) groups is 1. The number of amides is 1. The Bertz CT molecular complexity index is 747. The van der Waals surface area contributed by atoms with Crippen LogP contribution in [0.2, 0.25) is 5.02 Å². The van der Waals surface area contributed by atoms with Crippen LogP contribution < -0.4 is 14.8 Å². The van der Waals surface area contributed by atoms with Gasteiger partial charge in [0.1, 0.15) is 11.5 Å². The maximum absolute atomic E-state index is 12.5. The summed E-state index contributed by atoms with van der Waals surface area (Å²) in [5.74, 6) is 1.46. The second-order valence-electron chi connectivity index (χ2n) is 5.99. The van der Waals surface area contributed by atoms with Gasteiger partial charge in [0.15, 0.2) is 6.10 Å². The minimum atomic E-state index is -0.501. The van der Waals surface area contributed by atoms with Gasteiger partial charge in [0.05, 0.1) is 7.11 Å². The number of halogens is 1. The molecule has 0 fully saturated rings. The molecule has 2 aromatic rings. The predicted molar refractivity (Wildman–Crippen MR) is 93.9 cm³/mol. The van der Waals surface area contributed by atoms with Crippen molar-refractivity contribution in [2.45, 2.75) is 31.9 Å². The number of fused-ring (bicyclic) bond motifs is 1. The molecule has 1 amide bonds. The molecular formula is C19H20ClNO3. The lowest BCUT2D eigenvalue weighted by Crippen LogP contribution is -2.42. The molecule has 5 heteroatoms. The molecule has 2 atom stereocenters. The quantitative estimate of drug-likeness (QED) is 0.903. The molecule has 2 aromatic carbocycles. The van der Waals surface area contributed by atoms with Crippen molar-refractivity contribution >= 4 is 17.5 Å². The summed E-state index contributed by atoms with van der Waals surface area (Å²) in [7, 11) is 1.65. The van der Waals surface area contributed by atoms with Crippen LogP contribution in [0.25, 0.3) is 0 Å². The Labute approximate surface area is 146 Å². The Morgan fingerprint density at radius 1 is 1.38 bits per heavy atom. The molecule has 1 aliphatic rings. The number of benzene rings is 2. The average Bonchev–Trinajstić information content (AvgIpc) is 2.98. The minimum Gasteiger partial charge on any atom is -0.496 e. The largest absolute Gasteiger partial charge is 0.496 e. The van der Waals surface area contributed by atoms with Gasteiger partial charge in [-0.15, -0.1) is 0 Å². The zero-order valence-electron chi connectivity index (χ0n) is 13.7. The highest BCUT2D eigenvalue weighted by Gasteiger charge is 2.29. The van der Waals surface area contributed by atoms with Gasteiger partial charge < -0.3 is 14.8 Å². The third-order valence-corrected chi connectivity index (χ3v) is 4.33. The Morgan fingerprint density at radius 3 is 2.96 bits per heavy atom. The second-order valence-corrected chi connectivity index (χ2v) is 6.42. The molecule has 0 aliphatic carbocycles. The van der Waals surface area contributed by atoms with Crippen LogP contribution in [0.4, 0.5) is 0 Å². The van der Waals surface area contributed by atoms with Crippen molar-refractivity contribution < 1.29 is 14.3 Å². The zero-order chi connectivity index (χ0) is 17.1. The third kappa shape index (κ3) is 3.65. The maximum Gasteiger partial charge on any atom is 0.261 e. The standard InChI is InChI=1S/C19H20ClNO3/c1-12(9-13-5-3-4-6-16(13)23-2)21-19(22)18-11-14-10-15(20)7-8-17(14)24-18/h3-8,10,12,18H,9,11H2,1-2H3,(H,21,22)/t12-,18-/m0/s1. The number of hydrogen-bond donors (Lipinski definition) is 1. The van der Waals surface area contributed by atoms with Crippen LogP contribution in [-0.4, -0.2) is 25.2 Å². The van der Waals surface area contributed by atoms with E-state index in [4.69, 9.17) is 21.1 Å². The normalized spacial score (nSPS) is 16.9. The van der Waals surface area contributed by atoms with Crippen molar-refractivity contribution in [2.24, 2.45) is 0 Å². The first-order chi connectivity index (χ1) is 11.6. The van der Waals surface area contributed by atoms with Crippen LogP contribution in [0.5, 0.6) is 11.5 Å². The minimum absolute atomic E-state index is 0.0234. The number of hydrogen-bond acceptors (Lipinski definition) is 3. The summed E-state index contributed by atoms with van der Waals surface area (Å²) in [5.41, 5.74) is 2.04. The van der Waals surface area contributed by atoms with E-state index in [2.05, 4.69) is 5.32 Å². The number of rotatable bonds is 5. The fourth-order valence-electron chi connectivity index (χ4n) is 2.95. The van der Waals surface area contributed by atoms with Crippen molar-refractivity contribution in [1.29, 1.82) is 0 Å². The summed E-state index contributed by atoms with van der Waals surface area (Å²) < 4.78 is 11.1. The molecule has 0 spiro atoms. The van der Waals surface area contributed by atoms with E-state index in [1.807, 2.05) is 43.3 Å². The molecule has 0 aromatic heterocycles. The topological polar surface area (TPSA) is 47.6 Å². The fraction of sp³-hybridized carbons (Fsp3) is 0.316. The number of nitrogens with one attached hydrogen (secondary N) is 1. The van der Waals surface area contributed by atoms with E-state index in [1.54, 1.807) is 13.2 Å². The molecule has 126 valence electrons. The SMILES string of the molecule is COc1ccccc1C[C@H](C)NC(=O)[C@@H]1Cc2cc(Cl)ccc2O1. The molecule has 0 saturated heterocycles. The van der Waals surface area contributed by atoms with Gasteiger partial charge in [0.25, 0.3) is 5.91 Å². The lowest BCUT2D eigenvalue weighted by molar-refractivity contribution is -0.127. The Kier molecular flexibility index (Phi) is 4.95. The maximum atomic E-state index is 12.5. The van der Waals surface area contributed by atoms with Gasteiger partial charge in [-0.25, -0.2) is 0 Å². The first kappa shape index (κ1) is 16.7. The van der Waals surface area contributed by atoms with E-state index in [0.29, 0.717) is 17.9 Å². The van der Waals surface area contributed by atoms with Crippen molar-refractivity contribution in [1.82, 2.24) is 5.32 Å². The summed E-state index contributed by atoms with van der Waals surface area (Å²) in [4.78, 5) is 12.5. The highest BCUT2D eigenvalue weighted by Crippen LogP contribution is 2.31. The molecular weight excluding hydrogens is 326 g/mol. The smallest absolute Gasteiger partial charge is 0.261 e. The molecule has 4 nitrogen and oxygen atoms in total. The van der Waals surface area contributed by atoms with Gasteiger partial charge in [-0.3, -0.25) is 4.79 Å². The van der Waals surface area contributed by atoms with Crippen molar-refractivity contribution in [3.05, 3.63) is 58.6 Å². The summed E-state index contributed by atoms with van der Waals surface area (Å²) in [6, 6.07) is 13.2. The molecule has 0 bridgehead atoms. The van der Waals surface area contributed by atoms with Crippen LogP contribution in [0, 0.1) is 0 Å². The molecule has 1 heterocycles. The van der Waals surface area contributed by atoms with Gasteiger partial charge in [0, 0.05) is 17.5 Å². The van der Waals surface area contributed by atoms with Crippen LogP contribution in [-0.2, 0) is 17.6 Å². The summed E-state index contributed by atoms with van der Waals surface area (Å²) >= 11 is 5.99. The van der Waals surface area contributed by atoms with E-state index in [-0.39, 0.29) is 11.9 Å². The predicted octanol–water partition coefficient (Wildman–Crippen LogP) is 3.40. The number of methoxy groups -OCH3 is 1. The molecule has 0 unspecified atom stereocenters. The van der Waals surface area contributed by atoms with E-state index in [0.717, 1.165) is 22.6 Å². The summed E-state index contributed by atoms with van der Waals surface area (Å²) in [6.45, 7) is 1.98. The molecule has 1 N–H and O–H groups in total. The Balaban J connectivity index is 1.59. The second kappa shape index (κ2) is 7.14. The number of para-hydroxylation sites is 1. The highest BCUT2D eigenvalue weighted by molar-refractivity contribution is 6.30. The van der Waals surface area contributed by atoms with E-state index < -0.39 is 6.10 Å². The lowest BCUT2D eigenvalue weighted by Gasteiger charge is -2.18.